The summed E-state index contributed by atoms with van der Waals surface area (Å²) in [6.07, 6.45) is 0. The van der Waals surface area contributed by atoms with E-state index in [0.29, 0.717) is 0 Å². The van der Waals surface area contributed by atoms with E-state index in [0.717, 1.165) is 30.3 Å². The standard InChI is InChI=1S/C14H9FN2O5/c15-9-3-1-8(2-4-9)13(18)16-12-6-5-10(17(21)22)7-11(12)14(19)20/h1-7H,(H,16,18)(H,19,20). The maximum Gasteiger partial charge on any atom is 0.338 e. The molecule has 0 aliphatic rings. The molecule has 0 saturated heterocycles. The van der Waals surface area contributed by atoms with Gasteiger partial charge in [-0.1, -0.05) is 0 Å². The van der Waals surface area contributed by atoms with E-state index in [4.69, 9.17) is 5.11 Å². The first kappa shape index (κ1) is 15.1. The van der Waals surface area contributed by atoms with Gasteiger partial charge in [0.05, 0.1) is 16.2 Å². The fraction of sp³-hybridized carbons (Fsp3) is 0. The molecule has 0 saturated carbocycles. The first-order valence-electron chi connectivity index (χ1n) is 5.97. The van der Waals surface area contributed by atoms with Gasteiger partial charge in [0.25, 0.3) is 11.6 Å². The Morgan fingerprint density at radius 1 is 1.14 bits per heavy atom. The van der Waals surface area contributed by atoms with Crippen LogP contribution < -0.4 is 5.32 Å². The van der Waals surface area contributed by atoms with Gasteiger partial charge >= 0.3 is 5.97 Å². The van der Waals surface area contributed by atoms with Gasteiger partial charge in [0.15, 0.2) is 0 Å². The molecule has 0 aliphatic heterocycles. The van der Waals surface area contributed by atoms with Gasteiger partial charge in [-0.05, 0) is 30.3 Å². The molecule has 0 bridgehead atoms. The van der Waals surface area contributed by atoms with Crippen LogP contribution in [0.5, 0.6) is 0 Å². The lowest BCUT2D eigenvalue weighted by molar-refractivity contribution is -0.384. The number of carboxylic acids is 1. The highest BCUT2D eigenvalue weighted by atomic mass is 19.1. The van der Waals surface area contributed by atoms with E-state index in [2.05, 4.69) is 5.32 Å². The maximum absolute atomic E-state index is 12.8. The summed E-state index contributed by atoms with van der Waals surface area (Å²) in [7, 11) is 0. The van der Waals surface area contributed by atoms with Crippen molar-refractivity contribution < 1.29 is 24.0 Å². The lowest BCUT2D eigenvalue weighted by Gasteiger charge is -2.08. The Hall–Kier alpha value is -3.29. The van der Waals surface area contributed by atoms with Crippen LogP contribution in [0, 0.1) is 15.9 Å². The second-order valence-electron chi connectivity index (χ2n) is 4.25. The number of carboxylic acid groups (broad SMARTS) is 1. The average molecular weight is 304 g/mol. The summed E-state index contributed by atoms with van der Waals surface area (Å²) in [5.74, 6) is -2.59. The first-order chi connectivity index (χ1) is 10.4. The lowest BCUT2D eigenvalue weighted by Crippen LogP contribution is -2.15. The number of aromatic carboxylic acids is 1. The lowest BCUT2D eigenvalue weighted by atomic mass is 10.1. The van der Waals surface area contributed by atoms with Crippen molar-refractivity contribution in [2.45, 2.75) is 0 Å². The van der Waals surface area contributed by atoms with E-state index in [1.54, 1.807) is 0 Å². The van der Waals surface area contributed by atoms with Crippen molar-refractivity contribution in [1.29, 1.82) is 0 Å². The van der Waals surface area contributed by atoms with Crippen molar-refractivity contribution in [2.75, 3.05) is 5.32 Å². The number of halogens is 1. The van der Waals surface area contributed by atoms with E-state index in [1.807, 2.05) is 0 Å². The number of rotatable bonds is 4. The van der Waals surface area contributed by atoms with Crippen molar-refractivity contribution in [3.63, 3.8) is 0 Å². The molecule has 7 nitrogen and oxygen atoms in total. The predicted octanol–water partition coefficient (Wildman–Crippen LogP) is 2.68. The number of carbonyl (C=O) groups is 2. The zero-order chi connectivity index (χ0) is 16.3. The van der Waals surface area contributed by atoms with Gasteiger partial charge in [0.1, 0.15) is 5.82 Å². The summed E-state index contributed by atoms with van der Waals surface area (Å²) >= 11 is 0. The number of nitrogens with one attached hydrogen (secondary N) is 1. The molecule has 0 fully saturated rings. The summed E-state index contributed by atoms with van der Waals surface area (Å²) in [4.78, 5) is 33.0. The second-order valence-corrected chi connectivity index (χ2v) is 4.25. The van der Waals surface area contributed by atoms with Crippen LogP contribution in [0.25, 0.3) is 0 Å². The zero-order valence-corrected chi connectivity index (χ0v) is 10.9. The van der Waals surface area contributed by atoms with Gasteiger partial charge in [-0.2, -0.15) is 0 Å². The minimum atomic E-state index is -1.42. The molecule has 112 valence electrons. The van der Waals surface area contributed by atoms with Crippen LogP contribution in [-0.4, -0.2) is 21.9 Å². The predicted molar refractivity (Wildman–Crippen MR) is 74.4 cm³/mol. The number of amides is 1. The molecule has 22 heavy (non-hydrogen) atoms. The highest BCUT2D eigenvalue weighted by Gasteiger charge is 2.18. The molecule has 0 atom stereocenters. The van der Waals surface area contributed by atoms with E-state index >= 15 is 0 Å². The molecule has 0 radical (unpaired) electrons. The van der Waals surface area contributed by atoms with Crippen LogP contribution in [0.15, 0.2) is 42.5 Å². The van der Waals surface area contributed by atoms with Crippen molar-refractivity contribution in [1.82, 2.24) is 0 Å². The highest BCUT2D eigenvalue weighted by Crippen LogP contribution is 2.23. The van der Waals surface area contributed by atoms with Crippen LogP contribution in [0.4, 0.5) is 15.8 Å². The molecule has 0 heterocycles. The molecular formula is C14H9FN2O5. The third kappa shape index (κ3) is 3.23. The summed E-state index contributed by atoms with van der Waals surface area (Å²) in [5, 5.41) is 22.0. The van der Waals surface area contributed by atoms with Crippen molar-refractivity contribution in [3.8, 4) is 0 Å². The van der Waals surface area contributed by atoms with Crippen LogP contribution >= 0.6 is 0 Å². The Bertz CT molecular complexity index is 758. The molecule has 0 aromatic heterocycles. The topological polar surface area (TPSA) is 110 Å². The fourth-order valence-corrected chi connectivity index (χ4v) is 1.73. The van der Waals surface area contributed by atoms with E-state index < -0.39 is 33.9 Å². The van der Waals surface area contributed by atoms with Gasteiger partial charge in [-0.25, -0.2) is 9.18 Å². The first-order valence-corrected chi connectivity index (χ1v) is 5.97. The summed E-state index contributed by atoms with van der Waals surface area (Å²) in [6, 6.07) is 7.69. The van der Waals surface area contributed by atoms with E-state index in [1.165, 1.54) is 12.1 Å². The number of nitrogens with zero attached hydrogens (tertiary/aromatic N) is 1. The molecule has 2 aromatic rings. The monoisotopic (exact) mass is 304 g/mol. The Morgan fingerprint density at radius 3 is 2.32 bits per heavy atom. The van der Waals surface area contributed by atoms with Gasteiger partial charge in [-0.3, -0.25) is 14.9 Å². The van der Waals surface area contributed by atoms with Crippen molar-refractivity contribution in [2.24, 2.45) is 0 Å². The Balaban J connectivity index is 2.32. The number of nitro benzene ring substituents is 1. The third-order valence-corrected chi connectivity index (χ3v) is 2.80. The molecule has 0 spiro atoms. The molecule has 1 amide bonds. The minimum Gasteiger partial charge on any atom is -0.478 e. The molecule has 8 heteroatoms. The van der Waals surface area contributed by atoms with E-state index in [-0.39, 0.29) is 11.3 Å². The second kappa shape index (κ2) is 6.00. The molecular weight excluding hydrogens is 295 g/mol. The maximum atomic E-state index is 12.8. The molecule has 0 unspecified atom stereocenters. The Labute approximate surface area is 123 Å². The van der Waals surface area contributed by atoms with E-state index in [9.17, 15) is 24.1 Å². The molecule has 2 rings (SSSR count). The van der Waals surface area contributed by atoms with Gasteiger partial charge in [0, 0.05) is 17.7 Å². The normalized spacial score (nSPS) is 10.0. The Morgan fingerprint density at radius 2 is 1.77 bits per heavy atom. The molecule has 2 N–H and O–H groups in total. The fourth-order valence-electron chi connectivity index (χ4n) is 1.73. The quantitative estimate of drug-likeness (QED) is 0.666. The number of carbonyl (C=O) groups excluding carboxylic acids is 1. The van der Waals surface area contributed by atoms with Crippen LogP contribution in [-0.2, 0) is 0 Å². The summed E-state index contributed by atoms with van der Waals surface area (Å²) < 4.78 is 12.8. The largest absolute Gasteiger partial charge is 0.478 e. The van der Waals surface area contributed by atoms with Gasteiger partial charge in [0.2, 0.25) is 0 Å². The number of non-ortho nitro benzene ring substituents is 1. The number of anilines is 1. The minimum absolute atomic E-state index is 0.0903. The van der Waals surface area contributed by atoms with Crippen molar-refractivity contribution >= 4 is 23.3 Å². The van der Waals surface area contributed by atoms with Gasteiger partial charge < -0.3 is 10.4 Å². The number of benzene rings is 2. The van der Waals surface area contributed by atoms with Crippen LogP contribution in [0.1, 0.15) is 20.7 Å². The Kier molecular flexibility index (Phi) is 4.12. The molecule has 0 aliphatic carbocycles. The van der Waals surface area contributed by atoms with Gasteiger partial charge in [-0.15, -0.1) is 0 Å². The summed E-state index contributed by atoms with van der Waals surface area (Å²) in [6.45, 7) is 0. The third-order valence-electron chi connectivity index (χ3n) is 2.80. The number of hydrogen-bond donors (Lipinski definition) is 2. The highest BCUT2D eigenvalue weighted by molar-refractivity contribution is 6.07. The molecule has 2 aromatic carbocycles. The smallest absolute Gasteiger partial charge is 0.338 e. The SMILES string of the molecule is O=C(Nc1ccc([N+](=O)[O-])cc1C(=O)O)c1ccc(F)cc1. The number of nitro groups is 1. The average Bonchev–Trinajstić information content (AvgIpc) is 2.47. The zero-order valence-electron chi connectivity index (χ0n) is 10.9. The van der Waals surface area contributed by atoms with Crippen LogP contribution in [0.3, 0.4) is 0 Å². The van der Waals surface area contributed by atoms with Crippen LogP contribution in [0.2, 0.25) is 0 Å². The summed E-state index contributed by atoms with van der Waals surface area (Å²) in [5.41, 5.74) is -0.787. The van der Waals surface area contributed by atoms with Crippen molar-refractivity contribution in [3.05, 3.63) is 69.5 Å². The number of hydrogen-bond acceptors (Lipinski definition) is 4.